The third-order valence-corrected chi connectivity index (χ3v) is 4.18. The van der Waals surface area contributed by atoms with Gasteiger partial charge in [0, 0.05) is 17.5 Å². The van der Waals surface area contributed by atoms with Gasteiger partial charge in [0.2, 0.25) is 0 Å². The first-order valence-electron chi connectivity index (χ1n) is 5.92. The highest BCUT2D eigenvalue weighted by Crippen LogP contribution is 2.22. The van der Waals surface area contributed by atoms with Crippen LogP contribution in [0.1, 0.15) is 25.3 Å². The minimum Gasteiger partial charge on any atom is -0.381 e. The first-order chi connectivity index (χ1) is 7.79. The number of aryl methyl sites for hydroxylation is 1. The van der Waals surface area contributed by atoms with Crippen LogP contribution in [-0.4, -0.2) is 17.5 Å². The second-order valence-electron chi connectivity index (χ2n) is 4.22. The van der Waals surface area contributed by atoms with Crippen LogP contribution in [0.5, 0.6) is 0 Å². The SMILES string of the molecule is CCc1ccc(NC2CCCSC2)cc1F. The van der Waals surface area contributed by atoms with Crippen LogP contribution in [0, 0.1) is 5.82 Å². The molecule has 88 valence electrons. The van der Waals surface area contributed by atoms with E-state index in [1.165, 1.54) is 18.6 Å². The maximum absolute atomic E-state index is 13.6. The van der Waals surface area contributed by atoms with Gasteiger partial charge in [-0.2, -0.15) is 11.8 Å². The molecular formula is C13H18FNS. The van der Waals surface area contributed by atoms with E-state index < -0.39 is 0 Å². The van der Waals surface area contributed by atoms with Crippen LogP contribution in [0.3, 0.4) is 0 Å². The molecule has 1 heterocycles. The van der Waals surface area contributed by atoms with E-state index in [1.54, 1.807) is 6.07 Å². The van der Waals surface area contributed by atoms with E-state index in [0.29, 0.717) is 6.04 Å². The van der Waals surface area contributed by atoms with Crippen molar-refractivity contribution in [1.82, 2.24) is 0 Å². The Hall–Kier alpha value is -0.700. The van der Waals surface area contributed by atoms with E-state index in [1.807, 2.05) is 30.8 Å². The Labute approximate surface area is 101 Å². The smallest absolute Gasteiger partial charge is 0.128 e. The predicted octanol–water partition coefficient (Wildman–Crippen LogP) is 3.70. The summed E-state index contributed by atoms with van der Waals surface area (Å²) in [4.78, 5) is 0. The number of rotatable bonds is 3. The number of halogens is 1. The molecule has 1 atom stereocenters. The van der Waals surface area contributed by atoms with Gasteiger partial charge in [0.1, 0.15) is 5.82 Å². The zero-order valence-electron chi connectivity index (χ0n) is 9.63. The van der Waals surface area contributed by atoms with E-state index in [0.717, 1.165) is 23.4 Å². The van der Waals surface area contributed by atoms with Gasteiger partial charge in [-0.25, -0.2) is 4.39 Å². The molecule has 0 aromatic heterocycles. The molecule has 1 fully saturated rings. The van der Waals surface area contributed by atoms with E-state index in [-0.39, 0.29) is 5.82 Å². The first-order valence-corrected chi connectivity index (χ1v) is 7.07. The normalized spacial score (nSPS) is 20.8. The van der Waals surface area contributed by atoms with Crippen molar-refractivity contribution < 1.29 is 4.39 Å². The quantitative estimate of drug-likeness (QED) is 0.863. The second-order valence-corrected chi connectivity index (χ2v) is 5.37. The van der Waals surface area contributed by atoms with Crippen LogP contribution in [0.25, 0.3) is 0 Å². The van der Waals surface area contributed by atoms with Crippen LogP contribution < -0.4 is 5.32 Å². The molecule has 1 aromatic rings. The molecule has 0 spiro atoms. The summed E-state index contributed by atoms with van der Waals surface area (Å²) in [5, 5.41) is 3.41. The molecule has 1 N–H and O–H groups in total. The third kappa shape index (κ3) is 2.91. The van der Waals surface area contributed by atoms with Crippen LogP contribution in [0.2, 0.25) is 0 Å². The molecule has 1 nitrogen and oxygen atoms in total. The largest absolute Gasteiger partial charge is 0.381 e. The maximum Gasteiger partial charge on any atom is 0.128 e. The van der Waals surface area contributed by atoms with Gasteiger partial charge in [-0.3, -0.25) is 0 Å². The average molecular weight is 239 g/mol. The van der Waals surface area contributed by atoms with Gasteiger partial charge >= 0.3 is 0 Å². The topological polar surface area (TPSA) is 12.0 Å². The van der Waals surface area contributed by atoms with Crippen LogP contribution >= 0.6 is 11.8 Å². The van der Waals surface area contributed by atoms with Crippen LogP contribution in [-0.2, 0) is 6.42 Å². The minimum absolute atomic E-state index is 0.0871. The predicted molar refractivity (Wildman–Crippen MR) is 69.7 cm³/mol. The Morgan fingerprint density at radius 1 is 1.50 bits per heavy atom. The second kappa shape index (κ2) is 5.58. The highest BCUT2D eigenvalue weighted by atomic mass is 32.2. The lowest BCUT2D eigenvalue weighted by molar-refractivity contribution is 0.611. The fraction of sp³-hybridized carbons (Fsp3) is 0.538. The molecule has 0 saturated carbocycles. The van der Waals surface area contributed by atoms with Crippen molar-refractivity contribution in [3.8, 4) is 0 Å². The van der Waals surface area contributed by atoms with Gasteiger partial charge in [0.25, 0.3) is 0 Å². The van der Waals surface area contributed by atoms with Gasteiger partial charge in [0.15, 0.2) is 0 Å². The van der Waals surface area contributed by atoms with Gasteiger partial charge in [-0.15, -0.1) is 0 Å². The zero-order valence-corrected chi connectivity index (χ0v) is 10.4. The average Bonchev–Trinajstić information content (AvgIpc) is 2.31. The summed E-state index contributed by atoms with van der Waals surface area (Å²) in [7, 11) is 0. The molecule has 2 rings (SSSR count). The number of hydrogen-bond donors (Lipinski definition) is 1. The van der Waals surface area contributed by atoms with Gasteiger partial charge in [-0.05, 0) is 42.7 Å². The molecule has 1 aromatic carbocycles. The molecule has 1 unspecified atom stereocenters. The van der Waals surface area contributed by atoms with E-state index in [2.05, 4.69) is 5.32 Å². The monoisotopic (exact) mass is 239 g/mol. The molecule has 0 amide bonds. The summed E-state index contributed by atoms with van der Waals surface area (Å²) in [5.74, 6) is 2.31. The van der Waals surface area contributed by atoms with E-state index in [4.69, 9.17) is 0 Å². The van der Waals surface area contributed by atoms with Crippen LogP contribution in [0.4, 0.5) is 10.1 Å². The lowest BCUT2D eigenvalue weighted by Crippen LogP contribution is -2.25. The first kappa shape index (κ1) is 11.8. The number of nitrogens with one attached hydrogen (secondary N) is 1. The summed E-state index contributed by atoms with van der Waals surface area (Å²) in [6.07, 6.45) is 3.22. The Morgan fingerprint density at radius 3 is 3.00 bits per heavy atom. The van der Waals surface area contributed by atoms with Crippen molar-refractivity contribution in [2.75, 3.05) is 16.8 Å². The Bertz CT molecular complexity index is 348. The Kier molecular flexibility index (Phi) is 4.10. The molecule has 0 radical (unpaired) electrons. The standard InChI is InChI=1S/C13H18FNS/c1-2-10-5-6-11(8-13(10)14)15-12-4-3-7-16-9-12/h5-6,8,12,15H,2-4,7,9H2,1H3. The van der Waals surface area contributed by atoms with Gasteiger partial charge < -0.3 is 5.32 Å². The summed E-state index contributed by atoms with van der Waals surface area (Å²) in [6.45, 7) is 1.98. The molecule has 3 heteroatoms. The summed E-state index contributed by atoms with van der Waals surface area (Å²) in [6, 6.07) is 6.00. The third-order valence-electron chi connectivity index (χ3n) is 2.97. The van der Waals surface area contributed by atoms with Gasteiger partial charge in [0.05, 0.1) is 0 Å². The van der Waals surface area contributed by atoms with Crippen molar-refractivity contribution in [2.45, 2.75) is 32.2 Å². The number of benzene rings is 1. The van der Waals surface area contributed by atoms with Crippen molar-refractivity contribution >= 4 is 17.4 Å². The number of hydrogen-bond acceptors (Lipinski definition) is 2. The van der Waals surface area contributed by atoms with Crippen molar-refractivity contribution in [3.05, 3.63) is 29.6 Å². The number of anilines is 1. The lowest BCUT2D eigenvalue weighted by Gasteiger charge is -2.23. The molecule has 0 bridgehead atoms. The highest BCUT2D eigenvalue weighted by molar-refractivity contribution is 7.99. The Balaban J connectivity index is 2.01. The zero-order chi connectivity index (χ0) is 11.4. The highest BCUT2D eigenvalue weighted by Gasteiger charge is 2.13. The van der Waals surface area contributed by atoms with E-state index >= 15 is 0 Å². The molecule has 1 aliphatic heterocycles. The molecule has 1 saturated heterocycles. The molecule has 1 aliphatic rings. The molecule has 16 heavy (non-hydrogen) atoms. The molecule has 0 aliphatic carbocycles. The van der Waals surface area contributed by atoms with Crippen molar-refractivity contribution in [2.24, 2.45) is 0 Å². The fourth-order valence-corrected chi connectivity index (χ4v) is 3.09. The fourth-order valence-electron chi connectivity index (χ4n) is 2.01. The van der Waals surface area contributed by atoms with Crippen molar-refractivity contribution in [1.29, 1.82) is 0 Å². The van der Waals surface area contributed by atoms with E-state index in [9.17, 15) is 4.39 Å². The summed E-state index contributed by atoms with van der Waals surface area (Å²) in [5.41, 5.74) is 1.71. The minimum atomic E-state index is -0.0871. The van der Waals surface area contributed by atoms with Gasteiger partial charge in [-0.1, -0.05) is 13.0 Å². The van der Waals surface area contributed by atoms with Crippen LogP contribution in [0.15, 0.2) is 18.2 Å². The summed E-state index contributed by atoms with van der Waals surface area (Å²) >= 11 is 1.98. The summed E-state index contributed by atoms with van der Waals surface area (Å²) < 4.78 is 13.6. The molecular weight excluding hydrogens is 221 g/mol. The Morgan fingerprint density at radius 2 is 2.38 bits per heavy atom. The number of thioether (sulfide) groups is 1. The maximum atomic E-state index is 13.6. The lowest BCUT2D eigenvalue weighted by atomic mass is 10.1. The van der Waals surface area contributed by atoms with Crippen molar-refractivity contribution in [3.63, 3.8) is 0 Å².